The molecule has 4 N–H and O–H groups in total. The third-order valence-electron chi connectivity index (χ3n) is 2.80. The quantitative estimate of drug-likeness (QED) is 0.689. The van der Waals surface area contributed by atoms with Crippen LogP contribution in [0.4, 0.5) is 5.69 Å². The number of nitrogens with two attached hydrogens (primary N) is 1. The highest BCUT2D eigenvalue weighted by molar-refractivity contribution is 5.73. The number of carbonyl (C=O) groups is 1. The molecule has 4 heteroatoms. The van der Waals surface area contributed by atoms with E-state index in [4.69, 9.17) is 10.8 Å². The minimum Gasteiger partial charge on any atom is -0.480 e. The normalized spacial score (nSPS) is 20.5. The van der Waals surface area contributed by atoms with E-state index in [1.165, 1.54) is 5.56 Å². The van der Waals surface area contributed by atoms with Crippen LogP contribution in [0.1, 0.15) is 17.9 Å². The first kappa shape index (κ1) is 9.98. The van der Waals surface area contributed by atoms with Gasteiger partial charge in [-0.1, -0.05) is 18.2 Å². The van der Waals surface area contributed by atoms with E-state index in [1.807, 2.05) is 24.3 Å². The zero-order chi connectivity index (χ0) is 10.8. The van der Waals surface area contributed by atoms with Gasteiger partial charge in [-0.25, -0.2) is 0 Å². The Morgan fingerprint density at radius 3 is 3.07 bits per heavy atom. The second-order valence-electron chi connectivity index (χ2n) is 3.85. The number of fused-ring (bicyclic) bond motifs is 1. The Bertz CT molecular complexity index is 379. The highest BCUT2D eigenvalue weighted by Crippen LogP contribution is 2.33. The zero-order valence-corrected chi connectivity index (χ0v) is 8.31. The third kappa shape index (κ3) is 1.94. The van der Waals surface area contributed by atoms with Gasteiger partial charge in [-0.05, 0) is 18.1 Å². The van der Waals surface area contributed by atoms with Crippen molar-refractivity contribution >= 4 is 11.7 Å². The molecule has 0 amide bonds. The Kier molecular flexibility index (Phi) is 2.60. The average molecular weight is 206 g/mol. The molecule has 0 bridgehead atoms. The molecule has 0 fully saturated rings. The molecule has 1 aliphatic rings. The highest BCUT2D eigenvalue weighted by Gasteiger charge is 2.25. The van der Waals surface area contributed by atoms with Crippen molar-refractivity contribution in [3.05, 3.63) is 29.8 Å². The van der Waals surface area contributed by atoms with Gasteiger partial charge in [0.15, 0.2) is 0 Å². The lowest BCUT2D eigenvalue weighted by atomic mass is 9.94. The van der Waals surface area contributed by atoms with E-state index < -0.39 is 12.0 Å². The number of hydrogen-bond donors (Lipinski definition) is 3. The molecule has 1 aromatic carbocycles. The largest absolute Gasteiger partial charge is 0.480 e. The van der Waals surface area contributed by atoms with Gasteiger partial charge in [-0.2, -0.15) is 0 Å². The topological polar surface area (TPSA) is 75.3 Å². The molecule has 2 atom stereocenters. The minimum absolute atomic E-state index is 0.215. The molecule has 15 heavy (non-hydrogen) atoms. The van der Waals surface area contributed by atoms with E-state index >= 15 is 0 Å². The first-order chi connectivity index (χ1) is 7.18. The van der Waals surface area contributed by atoms with Crippen LogP contribution in [0.5, 0.6) is 0 Å². The van der Waals surface area contributed by atoms with Crippen LogP contribution in [-0.4, -0.2) is 23.7 Å². The van der Waals surface area contributed by atoms with Gasteiger partial charge in [-0.3, -0.25) is 4.79 Å². The van der Waals surface area contributed by atoms with Gasteiger partial charge in [0.1, 0.15) is 6.04 Å². The highest BCUT2D eigenvalue weighted by atomic mass is 16.4. The number of rotatable bonds is 3. The van der Waals surface area contributed by atoms with Crippen molar-refractivity contribution in [1.29, 1.82) is 0 Å². The van der Waals surface area contributed by atoms with E-state index in [0.29, 0.717) is 6.42 Å². The van der Waals surface area contributed by atoms with Crippen molar-refractivity contribution in [2.45, 2.75) is 18.4 Å². The average Bonchev–Trinajstić information content (AvgIpc) is 2.62. The zero-order valence-electron chi connectivity index (χ0n) is 8.31. The molecule has 0 radical (unpaired) electrons. The Labute approximate surface area is 88.1 Å². The fourth-order valence-corrected chi connectivity index (χ4v) is 1.97. The fourth-order valence-electron chi connectivity index (χ4n) is 1.97. The number of nitrogens with one attached hydrogen (secondary N) is 1. The molecule has 0 spiro atoms. The molecule has 1 aliphatic heterocycles. The van der Waals surface area contributed by atoms with Crippen molar-refractivity contribution in [2.75, 3.05) is 11.9 Å². The maximum absolute atomic E-state index is 10.7. The lowest BCUT2D eigenvalue weighted by molar-refractivity contribution is -0.138. The Morgan fingerprint density at radius 1 is 1.60 bits per heavy atom. The molecule has 0 aliphatic carbocycles. The molecule has 1 heterocycles. The summed E-state index contributed by atoms with van der Waals surface area (Å²) < 4.78 is 0. The number of para-hydroxylation sites is 1. The van der Waals surface area contributed by atoms with Gasteiger partial charge in [0.2, 0.25) is 0 Å². The number of benzene rings is 1. The van der Waals surface area contributed by atoms with Gasteiger partial charge in [0, 0.05) is 18.2 Å². The summed E-state index contributed by atoms with van der Waals surface area (Å²) in [4.78, 5) is 10.7. The van der Waals surface area contributed by atoms with Crippen molar-refractivity contribution in [2.24, 2.45) is 5.73 Å². The van der Waals surface area contributed by atoms with Crippen LogP contribution >= 0.6 is 0 Å². The van der Waals surface area contributed by atoms with Crippen molar-refractivity contribution in [1.82, 2.24) is 0 Å². The van der Waals surface area contributed by atoms with E-state index in [9.17, 15) is 4.79 Å². The molecule has 2 rings (SSSR count). The molecule has 0 saturated heterocycles. The lowest BCUT2D eigenvalue weighted by Crippen LogP contribution is -2.32. The molecule has 4 nitrogen and oxygen atoms in total. The number of aliphatic carboxylic acids is 1. The summed E-state index contributed by atoms with van der Waals surface area (Å²) in [6.07, 6.45) is 0.485. The summed E-state index contributed by atoms with van der Waals surface area (Å²) in [6.45, 7) is 0.778. The van der Waals surface area contributed by atoms with Crippen LogP contribution in [0.3, 0.4) is 0 Å². The van der Waals surface area contributed by atoms with Crippen LogP contribution in [0.2, 0.25) is 0 Å². The van der Waals surface area contributed by atoms with Crippen LogP contribution < -0.4 is 11.1 Å². The first-order valence-corrected chi connectivity index (χ1v) is 4.99. The molecule has 0 unspecified atom stereocenters. The predicted molar refractivity (Wildman–Crippen MR) is 57.9 cm³/mol. The second kappa shape index (κ2) is 3.90. The number of hydrogen-bond acceptors (Lipinski definition) is 3. The van der Waals surface area contributed by atoms with Crippen LogP contribution in [-0.2, 0) is 4.79 Å². The molecule has 0 saturated carbocycles. The fraction of sp³-hybridized carbons (Fsp3) is 0.364. The monoisotopic (exact) mass is 206 g/mol. The number of anilines is 1. The summed E-state index contributed by atoms with van der Waals surface area (Å²) in [5.74, 6) is -0.716. The molecule has 1 aromatic rings. The summed E-state index contributed by atoms with van der Waals surface area (Å²) in [6, 6.07) is 7.18. The van der Waals surface area contributed by atoms with E-state index in [0.717, 1.165) is 12.2 Å². The van der Waals surface area contributed by atoms with Crippen molar-refractivity contribution in [3.8, 4) is 0 Å². The van der Waals surface area contributed by atoms with Crippen molar-refractivity contribution < 1.29 is 9.90 Å². The van der Waals surface area contributed by atoms with Crippen LogP contribution in [0, 0.1) is 0 Å². The van der Waals surface area contributed by atoms with Gasteiger partial charge in [-0.15, -0.1) is 0 Å². The van der Waals surface area contributed by atoms with Gasteiger partial charge < -0.3 is 16.2 Å². The minimum atomic E-state index is -0.931. The standard InChI is InChI=1S/C11H14N2O2/c12-9(11(14)15)5-7-6-13-10-4-2-1-3-8(7)10/h1-4,7,9,13H,5-6,12H2,(H,14,15)/t7-,9+/m0/s1. The summed E-state index contributed by atoms with van der Waals surface area (Å²) in [5.41, 5.74) is 7.80. The molecule has 80 valence electrons. The Balaban J connectivity index is 2.11. The Hall–Kier alpha value is -1.55. The summed E-state index contributed by atoms with van der Waals surface area (Å²) in [5, 5.41) is 12.0. The Morgan fingerprint density at radius 2 is 2.33 bits per heavy atom. The first-order valence-electron chi connectivity index (χ1n) is 4.99. The van der Waals surface area contributed by atoms with Crippen LogP contribution in [0.25, 0.3) is 0 Å². The SMILES string of the molecule is N[C@H](C[C@H]1CNc2ccccc21)C(=O)O. The van der Waals surface area contributed by atoms with Crippen molar-refractivity contribution in [3.63, 3.8) is 0 Å². The van der Waals surface area contributed by atoms with Crippen LogP contribution in [0.15, 0.2) is 24.3 Å². The lowest BCUT2D eigenvalue weighted by Gasteiger charge is -2.12. The van der Waals surface area contributed by atoms with E-state index in [2.05, 4.69) is 5.32 Å². The van der Waals surface area contributed by atoms with Gasteiger partial charge >= 0.3 is 5.97 Å². The maximum atomic E-state index is 10.7. The number of carboxylic acid groups (broad SMARTS) is 1. The summed E-state index contributed by atoms with van der Waals surface area (Å²) in [7, 11) is 0. The smallest absolute Gasteiger partial charge is 0.320 e. The molecule has 0 aromatic heterocycles. The maximum Gasteiger partial charge on any atom is 0.320 e. The molecular weight excluding hydrogens is 192 g/mol. The molecular formula is C11H14N2O2. The number of carboxylic acids is 1. The summed E-state index contributed by atoms with van der Waals surface area (Å²) >= 11 is 0. The van der Waals surface area contributed by atoms with Gasteiger partial charge in [0.05, 0.1) is 0 Å². The second-order valence-corrected chi connectivity index (χ2v) is 3.85. The third-order valence-corrected chi connectivity index (χ3v) is 2.80. The predicted octanol–water partition coefficient (Wildman–Crippen LogP) is 0.998. The van der Waals surface area contributed by atoms with E-state index in [1.54, 1.807) is 0 Å². The van der Waals surface area contributed by atoms with E-state index in [-0.39, 0.29) is 5.92 Å². The van der Waals surface area contributed by atoms with Gasteiger partial charge in [0.25, 0.3) is 0 Å².